The Balaban J connectivity index is 1.57. The second kappa shape index (κ2) is 6.46. The van der Waals surface area contributed by atoms with Crippen molar-refractivity contribution >= 4 is 33.8 Å². The summed E-state index contributed by atoms with van der Waals surface area (Å²) in [6, 6.07) is 5.22. The highest BCUT2D eigenvalue weighted by molar-refractivity contribution is 7.15. The van der Waals surface area contributed by atoms with Crippen LogP contribution in [0.25, 0.3) is 4.96 Å². The number of thiazole rings is 1. The maximum atomic E-state index is 11.9. The zero-order valence-electron chi connectivity index (χ0n) is 12.1. The molecule has 2 amide bonds. The number of benzene rings is 1. The van der Waals surface area contributed by atoms with Gasteiger partial charge >= 0.3 is 0 Å². The van der Waals surface area contributed by atoms with Crippen LogP contribution in [0.2, 0.25) is 0 Å². The van der Waals surface area contributed by atoms with Gasteiger partial charge in [-0.05, 0) is 6.07 Å². The summed E-state index contributed by atoms with van der Waals surface area (Å²) in [7, 11) is 0. The summed E-state index contributed by atoms with van der Waals surface area (Å²) in [5.74, 6) is -1.09. The number of carbonyl (C=O) groups is 2. The third-order valence-electron chi connectivity index (χ3n) is 3.12. The van der Waals surface area contributed by atoms with Crippen LogP contribution in [0.15, 0.2) is 42.0 Å². The molecule has 2 aromatic heterocycles. The maximum Gasteiger partial charge on any atom is 0.270 e. The van der Waals surface area contributed by atoms with Crippen LogP contribution in [0.5, 0.6) is 0 Å². The first-order chi connectivity index (χ1) is 11.5. The minimum Gasteiger partial charge on any atom is -0.297 e. The third kappa shape index (κ3) is 3.38. The van der Waals surface area contributed by atoms with Gasteiger partial charge in [-0.1, -0.05) is 6.07 Å². The van der Waals surface area contributed by atoms with E-state index in [4.69, 9.17) is 0 Å². The fourth-order valence-electron chi connectivity index (χ4n) is 2.03. The molecule has 2 heterocycles. The number of amides is 2. The van der Waals surface area contributed by atoms with Crippen molar-refractivity contribution in [3.63, 3.8) is 0 Å². The number of carbonyl (C=O) groups excluding carboxylic acids is 2. The Kier molecular flexibility index (Phi) is 4.20. The molecule has 9 nitrogen and oxygen atoms in total. The summed E-state index contributed by atoms with van der Waals surface area (Å²) in [4.78, 5) is 38.9. The first kappa shape index (κ1) is 15.6. The van der Waals surface area contributed by atoms with Crippen LogP contribution in [0.3, 0.4) is 0 Å². The van der Waals surface area contributed by atoms with Crippen LogP contribution in [0.1, 0.15) is 16.1 Å². The monoisotopic (exact) mass is 345 g/mol. The molecule has 3 rings (SSSR count). The highest BCUT2D eigenvalue weighted by Gasteiger charge is 2.13. The lowest BCUT2D eigenvalue weighted by atomic mass is 10.2. The number of nitrogens with zero attached hydrogens (tertiary/aromatic N) is 3. The number of non-ortho nitro benzene ring substituents is 1. The first-order valence-corrected chi connectivity index (χ1v) is 7.65. The van der Waals surface area contributed by atoms with Gasteiger partial charge in [-0.15, -0.1) is 11.3 Å². The van der Waals surface area contributed by atoms with Crippen molar-refractivity contribution in [2.75, 3.05) is 0 Å². The zero-order valence-corrected chi connectivity index (χ0v) is 12.9. The quantitative estimate of drug-likeness (QED) is 0.546. The van der Waals surface area contributed by atoms with Gasteiger partial charge in [0.25, 0.3) is 11.6 Å². The summed E-state index contributed by atoms with van der Waals surface area (Å²) in [6.07, 6.45) is 3.57. The number of nitro benzene ring substituents is 1. The predicted molar refractivity (Wildman–Crippen MR) is 85.5 cm³/mol. The van der Waals surface area contributed by atoms with Gasteiger partial charge in [-0.2, -0.15) is 0 Å². The number of imidazole rings is 1. The van der Waals surface area contributed by atoms with Crippen LogP contribution in [0, 0.1) is 10.1 Å². The van der Waals surface area contributed by atoms with E-state index < -0.39 is 16.7 Å². The van der Waals surface area contributed by atoms with Crippen molar-refractivity contribution in [2.45, 2.75) is 6.42 Å². The molecule has 0 fully saturated rings. The lowest BCUT2D eigenvalue weighted by Crippen LogP contribution is -2.42. The number of fused-ring (bicyclic) bond motifs is 1. The second-order valence-corrected chi connectivity index (χ2v) is 5.68. The number of hydrogen-bond acceptors (Lipinski definition) is 6. The topological polar surface area (TPSA) is 119 Å². The largest absolute Gasteiger partial charge is 0.297 e. The van der Waals surface area contributed by atoms with Gasteiger partial charge in [-0.3, -0.25) is 35.0 Å². The number of aromatic nitrogens is 2. The van der Waals surface area contributed by atoms with E-state index >= 15 is 0 Å². The van der Waals surface area contributed by atoms with Gasteiger partial charge in [0.15, 0.2) is 4.96 Å². The molecule has 0 radical (unpaired) electrons. The van der Waals surface area contributed by atoms with Crippen molar-refractivity contribution in [2.24, 2.45) is 0 Å². The first-order valence-electron chi connectivity index (χ1n) is 6.77. The molecular weight excluding hydrogens is 334 g/mol. The normalized spacial score (nSPS) is 10.5. The molecule has 0 atom stereocenters. The Hall–Kier alpha value is -3.27. The molecule has 2 N–H and O–H groups in total. The molecule has 0 aliphatic rings. The fraction of sp³-hybridized carbons (Fsp3) is 0.0714. The van der Waals surface area contributed by atoms with Gasteiger partial charge in [0.1, 0.15) is 0 Å². The summed E-state index contributed by atoms with van der Waals surface area (Å²) in [6.45, 7) is 0. The number of hydrogen-bond donors (Lipinski definition) is 2. The van der Waals surface area contributed by atoms with Crippen LogP contribution in [-0.4, -0.2) is 26.1 Å². The van der Waals surface area contributed by atoms with E-state index in [2.05, 4.69) is 15.8 Å². The van der Waals surface area contributed by atoms with E-state index in [-0.39, 0.29) is 17.7 Å². The molecule has 122 valence electrons. The fourth-order valence-corrected chi connectivity index (χ4v) is 2.75. The molecule has 24 heavy (non-hydrogen) atoms. The van der Waals surface area contributed by atoms with E-state index in [9.17, 15) is 19.7 Å². The molecule has 0 spiro atoms. The Morgan fingerprint density at radius 1 is 1.33 bits per heavy atom. The SMILES string of the molecule is O=C(Cc1cn2ccsc2n1)NNC(=O)c1cccc([N+](=O)[O-])c1. The Labute approximate surface area is 139 Å². The van der Waals surface area contributed by atoms with E-state index in [1.807, 2.05) is 11.6 Å². The Bertz CT molecular complexity index is 904. The van der Waals surface area contributed by atoms with Gasteiger partial charge < -0.3 is 0 Å². The highest BCUT2D eigenvalue weighted by Crippen LogP contribution is 2.13. The third-order valence-corrected chi connectivity index (χ3v) is 3.89. The molecule has 0 aliphatic heterocycles. The maximum absolute atomic E-state index is 11.9. The number of nitro groups is 1. The summed E-state index contributed by atoms with van der Waals surface area (Å²) in [5.41, 5.74) is 4.93. The van der Waals surface area contributed by atoms with E-state index in [1.165, 1.54) is 29.5 Å². The van der Waals surface area contributed by atoms with Crippen molar-refractivity contribution < 1.29 is 14.5 Å². The van der Waals surface area contributed by atoms with E-state index in [1.54, 1.807) is 10.6 Å². The van der Waals surface area contributed by atoms with Gasteiger partial charge in [0.2, 0.25) is 5.91 Å². The minimum absolute atomic E-state index is 0.00359. The summed E-state index contributed by atoms with van der Waals surface area (Å²) >= 11 is 1.45. The van der Waals surface area contributed by atoms with Gasteiger partial charge in [-0.25, -0.2) is 4.98 Å². The van der Waals surface area contributed by atoms with Crippen molar-refractivity contribution in [1.82, 2.24) is 20.2 Å². The average molecular weight is 345 g/mol. The van der Waals surface area contributed by atoms with E-state index in [0.29, 0.717) is 5.69 Å². The Morgan fingerprint density at radius 3 is 2.92 bits per heavy atom. The lowest BCUT2D eigenvalue weighted by molar-refractivity contribution is -0.384. The van der Waals surface area contributed by atoms with Crippen molar-refractivity contribution in [3.05, 3.63) is 63.4 Å². The molecule has 0 unspecified atom stereocenters. The van der Waals surface area contributed by atoms with Crippen LogP contribution in [-0.2, 0) is 11.2 Å². The van der Waals surface area contributed by atoms with Crippen LogP contribution < -0.4 is 10.9 Å². The minimum atomic E-state index is -0.641. The highest BCUT2D eigenvalue weighted by atomic mass is 32.1. The molecule has 1 aromatic carbocycles. The zero-order chi connectivity index (χ0) is 17.1. The smallest absolute Gasteiger partial charge is 0.270 e. The van der Waals surface area contributed by atoms with Crippen molar-refractivity contribution in [3.8, 4) is 0 Å². The second-order valence-electron chi connectivity index (χ2n) is 4.81. The number of hydrazine groups is 1. The standard InChI is InChI=1S/C14H11N5O4S/c20-12(7-10-8-18-4-5-24-14(18)15-10)16-17-13(21)9-2-1-3-11(6-9)19(22)23/h1-6,8H,7H2,(H,16,20)(H,17,21). The number of nitrogens with one attached hydrogen (secondary N) is 2. The average Bonchev–Trinajstić information content (AvgIpc) is 3.14. The predicted octanol–water partition coefficient (Wildman–Crippen LogP) is 1.31. The lowest BCUT2D eigenvalue weighted by Gasteiger charge is -2.06. The molecule has 0 saturated carbocycles. The molecule has 0 aliphatic carbocycles. The van der Waals surface area contributed by atoms with Crippen molar-refractivity contribution in [1.29, 1.82) is 0 Å². The summed E-state index contributed by atoms with van der Waals surface area (Å²) in [5, 5.41) is 12.6. The molecule has 0 saturated heterocycles. The van der Waals surface area contributed by atoms with Crippen LogP contribution in [0.4, 0.5) is 5.69 Å². The van der Waals surface area contributed by atoms with Gasteiger partial charge in [0, 0.05) is 35.5 Å². The van der Waals surface area contributed by atoms with E-state index in [0.717, 1.165) is 11.0 Å². The molecule has 3 aromatic rings. The molecular formula is C14H11N5O4S. The molecule has 10 heteroatoms. The number of rotatable bonds is 4. The van der Waals surface area contributed by atoms with Crippen LogP contribution >= 0.6 is 11.3 Å². The van der Waals surface area contributed by atoms with Gasteiger partial charge in [0.05, 0.1) is 17.0 Å². The summed E-state index contributed by atoms with van der Waals surface area (Å²) < 4.78 is 1.80. The Morgan fingerprint density at radius 2 is 2.17 bits per heavy atom. The molecule has 0 bridgehead atoms.